The first-order valence-electron chi connectivity index (χ1n) is 7.04. The molecule has 0 radical (unpaired) electrons. The Balaban J connectivity index is 1.66. The van der Waals surface area contributed by atoms with E-state index in [1.165, 1.54) is 6.07 Å². The molecule has 0 spiro atoms. The van der Waals surface area contributed by atoms with Gasteiger partial charge >= 0.3 is 0 Å². The van der Waals surface area contributed by atoms with Crippen molar-refractivity contribution in [2.45, 2.75) is 18.9 Å². The van der Waals surface area contributed by atoms with Gasteiger partial charge in [-0.15, -0.1) is 0 Å². The van der Waals surface area contributed by atoms with Crippen molar-refractivity contribution in [2.24, 2.45) is 0 Å². The Hall–Kier alpha value is -2.20. The van der Waals surface area contributed by atoms with Crippen LogP contribution >= 0.6 is 0 Å². The highest BCUT2D eigenvalue weighted by Gasteiger charge is 2.16. The summed E-state index contributed by atoms with van der Waals surface area (Å²) in [4.78, 5) is 0. The highest BCUT2D eigenvalue weighted by atomic mass is 16.5. The summed E-state index contributed by atoms with van der Waals surface area (Å²) in [6, 6.07) is 12.5. The summed E-state index contributed by atoms with van der Waals surface area (Å²) < 4.78 is 11.1. The maximum Gasteiger partial charge on any atom is 0.124 e. The lowest BCUT2D eigenvalue weighted by Crippen LogP contribution is -2.15. The number of hydrogen-bond acceptors (Lipinski definition) is 4. The molecule has 0 saturated carbocycles. The van der Waals surface area contributed by atoms with Crippen LogP contribution < -0.4 is 4.74 Å². The molecule has 1 aliphatic rings. The van der Waals surface area contributed by atoms with E-state index < -0.39 is 0 Å². The molecule has 21 heavy (non-hydrogen) atoms. The highest BCUT2D eigenvalue weighted by molar-refractivity contribution is 5.39. The standard InChI is InChI=1S/C17H18O4/c18-14-8-13(9-15(19)10-14)7-12-1-3-16(4-2-12)21-17-5-6-20-11-17/h1-4,8-10,17-19H,5-7,11H2. The maximum absolute atomic E-state index is 9.48. The molecular weight excluding hydrogens is 268 g/mol. The van der Waals surface area contributed by atoms with Crippen molar-refractivity contribution in [2.75, 3.05) is 13.2 Å². The summed E-state index contributed by atoms with van der Waals surface area (Å²) in [6.07, 6.45) is 1.73. The van der Waals surface area contributed by atoms with Gasteiger partial charge in [0, 0.05) is 12.5 Å². The van der Waals surface area contributed by atoms with Gasteiger partial charge in [0.2, 0.25) is 0 Å². The predicted octanol–water partition coefficient (Wildman–Crippen LogP) is 2.86. The van der Waals surface area contributed by atoms with E-state index in [1.54, 1.807) is 12.1 Å². The second-order valence-electron chi connectivity index (χ2n) is 5.28. The number of phenols is 2. The molecule has 2 aromatic carbocycles. The zero-order valence-electron chi connectivity index (χ0n) is 11.7. The van der Waals surface area contributed by atoms with Crippen LogP contribution in [0.3, 0.4) is 0 Å². The van der Waals surface area contributed by atoms with Crippen LogP contribution in [0.2, 0.25) is 0 Å². The quantitative estimate of drug-likeness (QED) is 0.907. The molecule has 1 unspecified atom stereocenters. The van der Waals surface area contributed by atoms with Gasteiger partial charge in [0.15, 0.2) is 0 Å². The summed E-state index contributed by atoms with van der Waals surface area (Å²) in [7, 11) is 0. The van der Waals surface area contributed by atoms with E-state index in [2.05, 4.69) is 0 Å². The fourth-order valence-electron chi connectivity index (χ4n) is 2.48. The molecule has 3 rings (SSSR count). The van der Waals surface area contributed by atoms with Crippen molar-refractivity contribution in [3.05, 3.63) is 53.6 Å². The summed E-state index contributed by atoms with van der Waals surface area (Å²) in [5.41, 5.74) is 1.96. The molecule has 4 nitrogen and oxygen atoms in total. The van der Waals surface area contributed by atoms with Crippen LogP contribution in [0, 0.1) is 0 Å². The third-order valence-corrected chi connectivity index (χ3v) is 3.48. The van der Waals surface area contributed by atoms with Crippen LogP contribution in [0.5, 0.6) is 17.2 Å². The van der Waals surface area contributed by atoms with E-state index in [0.717, 1.165) is 29.9 Å². The van der Waals surface area contributed by atoms with Crippen molar-refractivity contribution in [3.63, 3.8) is 0 Å². The van der Waals surface area contributed by atoms with Gasteiger partial charge < -0.3 is 19.7 Å². The Morgan fingerprint density at radius 3 is 2.33 bits per heavy atom. The van der Waals surface area contributed by atoms with Gasteiger partial charge in [-0.25, -0.2) is 0 Å². The Labute approximate surface area is 123 Å². The maximum atomic E-state index is 9.48. The number of phenolic OH excluding ortho intramolecular Hbond substituents is 2. The van der Waals surface area contributed by atoms with E-state index in [9.17, 15) is 10.2 Å². The van der Waals surface area contributed by atoms with Crippen LogP contribution in [0.15, 0.2) is 42.5 Å². The highest BCUT2D eigenvalue weighted by Crippen LogP contribution is 2.23. The van der Waals surface area contributed by atoms with E-state index in [1.807, 2.05) is 24.3 Å². The van der Waals surface area contributed by atoms with Crippen molar-refractivity contribution >= 4 is 0 Å². The van der Waals surface area contributed by atoms with Crippen molar-refractivity contribution < 1.29 is 19.7 Å². The largest absolute Gasteiger partial charge is 0.508 e. The number of aromatic hydroxyl groups is 2. The average molecular weight is 286 g/mol. The van der Waals surface area contributed by atoms with Crippen LogP contribution in [0.1, 0.15) is 17.5 Å². The molecule has 1 fully saturated rings. The van der Waals surface area contributed by atoms with E-state index in [4.69, 9.17) is 9.47 Å². The molecule has 4 heteroatoms. The Morgan fingerprint density at radius 1 is 1.00 bits per heavy atom. The second kappa shape index (κ2) is 6.06. The first-order chi connectivity index (χ1) is 10.2. The smallest absolute Gasteiger partial charge is 0.124 e. The second-order valence-corrected chi connectivity index (χ2v) is 5.28. The van der Waals surface area contributed by atoms with Gasteiger partial charge in [-0.3, -0.25) is 0 Å². The predicted molar refractivity (Wildman–Crippen MR) is 78.9 cm³/mol. The van der Waals surface area contributed by atoms with Gasteiger partial charge in [0.1, 0.15) is 23.4 Å². The lowest BCUT2D eigenvalue weighted by atomic mass is 10.0. The van der Waals surface area contributed by atoms with Crippen LogP contribution in [-0.4, -0.2) is 29.5 Å². The Kier molecular flexibility index (Phi) is 3.97. The van der Waals surface area contributed by atoms with Crippen molar-refractivity contribution in [1.82, 2.24) is 0 Å². The topological polar surface area (TPSA) is 58.9 Å². The average Bonchev–Trinajstić information content (AvgIpc) is 2.93. The van der Waals surface area contributed by atoms with Crippen LogP contribution in [0.25, 0.3) is 0 Å². The normalized spacial score (nSPS) is 17.8. The molecule has 0 bridgehead atoms. The Bertz CT molecular complexity index is 580. The van der Waals surface area contributed by atoms with E-state index in [0.29, 0.717) is 13.0 Å². The third kappa shape index (κ3) is 3.67. The van der Waals surface area contributed by atoms with Crippen molar-refractivity contribution in [1.29, 1.82) is 0 Å². The molecular formula is C17H18O4. The molecule has 2 aromatic rings. The summed E-state index contributed by atoms with van der Waals surface area (Å²) >= 11 is 0. The van der Waals surface area contributed by atoms with Crippen LogP contribution in [-0.2, 0) is 11.2 Å². The molecule has 110 valence electrons. The zero-order chi connectivity index (χ0) is 14.7. The number of hydrogen-bond donors (Lipinski definition) is 2. The zero-order valence-corrected chi connectivity index (χ0v) is 11.7. The lowest BCUT2D eigenvalue weighted by molar-refractivity contribution is 0.141. The van der Waals surface area contributed by atoms with E-state index >= 15 is 0 Å². The number of benzene rings is 2. The Morgan fingerprint density at radius 2 is 1.71 bits per heavy atom. The first kappa shape index (κ1) is 13.8. The molecule has 1 saturated heterocycles. The van der Waals surface area contributed by atoms with Crippen molar-refractivity contribution in [3.8, 4) is 17.2 Å². The van der Waals surface area contributed by atoms with Crippen LogP contribution in [0.4, 0.5) is 0 Å². The molecule has 0 aromatic heterocycles. The monoisotopic (exact) mass is 286 g/mol. The first-order valence-corrected chi connectivity index (χ1v) is 7.04. The fourth-order valence-corrected chi connectivity index (χ4v) is 2.48. The summed E-state index contributed by atoms with van der Waals surface area (Å²) in [5, 5.41) is 19.0. The molecule has 0 amide bonds. The van der Waals surface area contributed by atoms with Gasteiger partial charge in [-0.1, -0.05) is 12.1 Å². The minimum atomic E-state index is 0.0752. The molecule has 1 atom stereocenters. The minimum absolute atomic E-state index is 0.0752. The van der Waals surface area contributed by atoms with Gasteiger partial charge in [0.25, 0.3) is 0 Å². The third-order valence-electron chi connectivity index (χ3n) is 3.48. The fraction of sp³-hybridized carbons (Fsp3) is 0.294. The van der Waals surface area contributed by atoms with E-state index in [-0.39, 0.29) is 17.6 Å². The van der Waals surface area contributed by atoms with Gasteiger partial charge in [0.05, 0.1) is 13.2 Å². The molecule has 1 aliphatic heterocycles. The number of ether oxygens (including phenoxy) is 2. The SMILES string of the molecule is Oc1cc(O)cc(Cc2ccc(OC3CCOC3)cc2)c1. The molecule has 1 heterocycles. The summed E-state index contributed by atoms with van der Waals surface area (Å²) in [6.45, 7) is 1.42. The molecule has 0 aliphatic carbocycles. The lowest BCUT2D eigenvalue weighted by Gasteiger charge is -2.12. The van der Waals surface area contributed by atoms with Gasteiger partial charge in [-0.05, 0) is 41.8 Å². The summed E-state index contributed by atoms with van der Waals surface area (Å²) in [5.74, 6) is 0.991. The minimum Gasteiger partial charge on any atom is -0.508 e. The number of rotatable bonds is 4. The van der Waals surface area contributed by atoms with Gasteiger partial charge in [-0.2, -0.15) is 0 Å². The molecule has 2 N–H and O–H groups in total.